The third-order valence-corrected chi connectivity index (χ3v) is 29.3. The van der Waals surface area contributed by atoms with Gasteiger partial charge in [0, 0.05) is 0 Å². The summed E-state index contributed by atoms with van der Waals surface area (Å²) < 4.78 is 14.7. The maximum atomic E-state index is 11.3. The van der Waals surface area contributed by atoms with Gasteiger partial charge in [-0.15, -0.1) is 0 Å². The number of allylic oxidation sites excluding steroid dienone is 4. The van der Waals surface area contributed by atoms with Crippen LogP contribution in [0.25, 0.3) is 0 Å². The molecule has 0 aromatic carbocycles. The molecule has 0 saturated heterocycles. The molecule has 0 saturated carbocycles. The Balaban J connectivity index is 6.84. The molecule has 0 bridgehead atoms. The fourth-order valence-corrected chi connectivity index (χ4v) is 26.7. The van der Waals surface area contributed by atoms with Gasteiger partial charge in [-0.25, -0.2) is 0 Å². The van der Waals surface area contributed by atoms with Gasteiger partial charge in [-0.1, -0.05) is 0 Å². The van der Waals surface area contributed by atoms with Gasteiger partial charge < -0.3 is 0 Å². The molecule has 238 valence electrons. The van der Waals surface area contributed by atoms with Gasteiger partial charge in [0.1, 0.15) is 0 Å². The normalized spacial score (nSPS) is 16.0. The van der Waals surface area contributed by atoms with Crippen molar-refractivity contribution in [1.82, 2.24) is 0 Å². The Bertz CT molecular complexity index is 838. The Morgan fingerprint density at radius 3 is 1.56 bits per heavy atom. The molecule has 5 heteroatoms. The molecule has 0 heterocycles. The van der Waals surface area contributed by atoms with E-state index in [2.05, 4.69) is 98.5 Å². The van der Waals surface area contributed by atoms with Crippen LogP contribution in [0.5, 0.6) is 0 Å². The molecule has 0 aliphatic rings. The van der Waals surface area contributed by atoms with Crippen LogP contribution in [0.15, 0.2) is 45.1 Å². The monoisotopic (exact) mass is 696 g/mol. The summed E-state index contributed by atoms with van der Waals surface area (Å²) in [4.78, 5) is 11.3. The van der Waals surface area contributed by atoms with Gasteiger partial charge in [0.05, 0.1) is 0 Å². The van der Waals surface area contributed by atoms with Crippen molar-refractivity contribution in [1.29, 1.82) is 0 Å². The molecule has 0 fully saturated rings. The number of carboxylic acid groups (broad SMARTS) is 1. The van der Waals surface area contributed by atoms with E-state index in [0.29, 0.717) is 22.2 Å². The molecule has 1 N–H and O–H groups in total. The molecule has 0 aromatic rings. The molecule has 2 atom stereocenters. The third kappa shape index (κ3) is 13.7. The van der Waals surface area contributed by atoms with E-state index in [1.54, 1.807) is 13.0 Å². The third-order valence-electron chi connectivity index (χ3n) is 9.05. The second-order valence-electron chi connectivity index (χ2n) is 13.7. The Morgan fingerprint density at radius 1 is 0.756 bits per heavy atom. The van der Waals surface area contributed by atoms with Crippen LogP contribution in [0.4, 0.5) is 0 Å². The van der Waals surface area contributed by atoms with Gasteiger partial charge >= 0.3 is 263 Å². The second kappa shape index (κ2) is 20.4. The minimum atomic E-state index is -2.49. The Morgan fingerprint density at radius 2 is 1.20 bits per heavy atom. The summed E-state index contributed by atoms with van der Waals surface area (Å²) in [5.74, 6) is -0.636. The van der Waals surface area contributed by atoms with Crippen LogP contribution in [-0.2, 0) is 9.22 Å². The summed E-state index contributed by atoms with van der Waals surface area (Å²) in [7, 11) is -2.09. The maximum absolute atomic E-state index is 11.3. The van der Waals surface area contributed by atoms with Gasteiger partial charge in [0.15, 0.2) is 0 Å². The fraction of sp³-hybridized carbons (Fsp3) is 0.750. The first-order valence-corrected chi connectivity index (χ1v) is 26.6. The summed E-state index contributed by atoms with van der Waals surface area (Å²) in [6, 6.07) is 0. The van der Waals surface area contributed by atoms with Crippen LogP contribution >= 0.6 is 0 Å². The molecule has 0 unspecified atom stereocenters. The molecule has 0 radical (unpaired) electrons. The summed E-state index contributed by atoms with van der Waals surface area (Å²) in [5.41, 5.74) is 4.10. The van der Waals surface area contributed by atoms with Crippen molar-refractivity contribution in [3.05, 3.63) is 45.1 Å². The van der Waals surface area contributed by atoms with Crippen LogP contribution in [-0.4, -0.2) is 43.9 Å². The molecule has 0 rings (SSSR count). The first-order chi connectivity index (χ1) is 19.1. The van der Waals surface area contributed by atoms with Crippen LogP contribution in [0.3, 0.4) is 0 Å². The van der Waals surface area contributed by atoms with Crippen LogP contribution < -0.4 is 0 Å². The number of unbranched alkanes of at least 4 members (excludes halogenated alkanes) is 3. The predicted octanol–water partition coefficient (Wildman–Crippen LogP) is 12.1. The molecular weight excluding hydrogens is 627 g/mol. The van der Waals surface area contributed by atoms with Crippen molar-refractivity contribution in [2.45, 2.75) is 165 Å². The number of carbonyl (C=O) groups is 1. The van der Waals surface area contributed by atoms with Crippen molar-refractivity contribution < 1.29 is 14.3 Å². The average molecular weight is 696 g/mol. The zero-order valence-electron chi connectivity index (χ0n) is 29.4. The van der Waals surface area contributed by atoms with E-state index in [1.165, 1.54) is 51.8 Å². The quantitative estimate of drug-likeness (QED) is 0.0739. The second-order valence-corrected chi connectivity index (χ2v) is 32.1. The first kappa shape index (κ1) is 40.4. The van der Waals surface area contributed by atoms with Gasteiger partial charge in [-0.3, -0.25) is 0 Å². The molecule has 0 aliphatic heterocycles. The van der Waals surface area contributed by atoms with E-state index in [4.69, 9.17) is 4.43 Å². The Hall–Kier alpha value is -0.594. The Kier molecular flexibility index (Phi) is 20.1. The van der Waals surface area contributed by atoms with Crippen molar-refractivity contribution in [3.63, 3.8) is 0 Å². The van der Waals surface area contributed by atoms with Crippen LogP contribution in [0.2, 0.25) is 29.9 Å². The number of hydrogen-bond donors (Lipinski definition) is 1. The van der Waals surface area contributed by atoms with Crippen LogP contribution in [0, 0.1) is 5.92 Å². The number of carboxylic acids is 1. The number of aliphatic carboxylic acids is 1. The zero-order chi connectivity index (χ0) is 31.8. The van der Waals surface area contributed by atoms with Gasteiger partial charge in [-0.2, -0.15) is 0 Å². The fourth-order valence-electron chi connectivity index (χ4n) is 6.84. The average Bonchev–Trinajstić information content (AvgIpc) is 2.88. The summed E-state index contributed by atoms with van der Waals surface area (Å²) in [5, 5.41) is 9.29. The van der Waals surface area contributed by atoms with Gasteiger partial charge in [-0.05, 0) is 0 Å². The molecular formula is C36H68O3SiSn. The summed E-state index contributed by atoms with van der Waals surface area (Å²) in [6.07, 6.45) is 16.8. The van der Waals surface area contributed by atoms with Crippen molar-refractivity contribution in [2.24, 2.45) is 5.92 Å². The SMILES string of the molecule is CCC[CH2][Sn](/[CH]=C/[C@@H](O[Si](C(C)C)(C(C)C)C(C)C)[C@H](C)/C=C(C)/C=C(C)/C=C(\C)C(=O)O)([CH2]CCC)[CH2]CCC. The van der Waals surface area contributed by atoms with Crippen molar-refractivity contribution in [2.75, 3.05) is 0 Å². The topological polar surface area (TPSA) is 46.5 Å². The minimum absolute atomic E-state index is 0.0646. The van der Waals surface area contributed by atoms with E-state index in [9.17, 15) is 9.90 Å². The van der Waals surface area contributed by atoms with E-state index in [-0.39, 0.29) is 12.0 Å². The zero-order valence-corrected chi connectivity index (χ0v) is 33.3. The Labute approximate surface area is 261 Å². The van der Waals surface area contributed by atoms with E-state index in [1.807, 2.05) is 6.92 Å². The van der Waals surface area contributed by atoms with E-state index < -0.39 is 32.7 Å². The number of rotatable bonds is 21. The van der Waals surface area contributed by atoms with Crippen molar-refractivity contribution in [3.8, 4) is 0 Å². The molecule has 0 aliphatic carbocycles. The van der Waals surface area contributed by atoms with Gasteiger partial charge in [0.25, 0.3) is 0 Å². The summed E-state index contributed by atoms with van der Waals surface area (Å²) >= 11 is -2.49. The van der Waals surface area contributed by atoms with E-state index in [0.717, 1.165) is 11.1 Å². The standard InChI is InChI=1S/C24H41O3Si.3C4H9.Sn/c1-12-23(27-28(16(2)3,17(4)5)18(6)7)21(10)14-19(8)13-20(9)15-22(11)24(25)26;3*1-3-4-2;/h1,12-18,21,23H,2-11H3,(H,25,26);3*1,3-4H2,2H3;/b12-1?,19-14+,20-13+,22-15+;;;;/t21-,23-;;;;/m1..../s1. The first-order valence-electron chi connectivity index (χ1n) is 16.8. The molecule has 0 spiro atoms. The summed E-state index contributed by atoms with van der Waals surface area (Å²) in [6.45, 7) is 29.4. The van der Waals surface area contributed by atoms with Crippen LogP contribution in [0.1, 0.15) is 129 Å². The molecule has 3 nitrogen and oxygen atoms in total. The molecule has 0 aromatic heterocycles. The van der Waals surface area contributed by atoms with Gasteiger partial charge in [0.2, 0.25) is 0 Å². The van der Waals surface area contributed by atoms with Crippen molar-refractivity contribution >= 4 is 32.7 Å². The molecule has 0 amide bonds. The van der Waals surface area contributed by atoms with E-state index >= 15 is 0 Å². The number of hydrogen-bond acceptors (Lipinski definition) is 2. The predicted molar refractivity (Wildman–Crippen MR) is 188 cm³/mol. The molecule has 41 heavy (non-hydrogen) atoms.